The number of aromatic amines is 1. The van der Waals surface area contributed by atoms with Crippen molar-refractivity contribution in [1.29, 1.82) is 0 Å². The van der Waals surface area contributed by atoms with Gasteiger partial charge in [-0.2, -0.15) is 5.10 Å². The van der Waals surface area contributed by atoms with Crippen molar-refractivity contribution >= 4 is 35.2 Å². The van der Waals surface area contributed by atoms with Gasteiger partial charge in [-0.3, -0.25) is 9.89 Å². The highest BCUT2D eigenvalue weighted by Gasteiger charge is 2.02. The quantitative estimate of drug-likeness (QED) is 0.851. The van der Waals surface area contributed by atoms with Crippen LogP contribution in [0.15, 0.2) is 30.5 Å². The summed E-state index contributed by atoms with van der Waals surface area (Å²) < 4.78 is 0. The lowest BCUT2D eigenvalue weighted by molar-refractivity contribution is -0.116. The van der Waals surface area contributed by atoms with Crippen LogP contribution in [-0.4, -0.2) is 16.1 Å². The number of aromatic nitrogens is 2. The van der Waals surface area contributed by atoms with Gasteiger partial charge in [-0.05, 0) is 30.7 Å². The van der Waals surface area contributed by atoms with E-state index >= 15 is 0 Å². The summed E-state index contributed by atoms with van der Waals surface area (Å²) in [5, 5.41) is 10.5. The van der Waals surface area contributed by atoms with Crippen LogP contribution in [0.25, 0.3) is 6.08 Å². The molecule has 0 bridgehead atoms. The molecule has 2 rings (SSSR count). The van der Waals surface area contributed by atoms with E-state index in [1.165, 1.54) is 6.08 Å². The zero-order valence-corrected chi connectivity index (χ0v) is 12.3. The second-order valence-corrected chi connectivity index (χ2v) is 5.08. The molecule has 0 aliphatic carbocycles. The topological polar surface area (TPSA) is 57.8 Å². The number of hydrogen-bond donors (Lipinski definition) is 2. The molecule has 20 heavy (non-hydrogen) atoms. The maximum absolute atomic E-state index is 11.7. The zero-order valence-electron chi connectivity index (χ0n) is 10.8. The Labute approximate surface area is 126 Å². The Hall–Kier alpha value is -1.78. The van der Waals surface area contributed by atoms with E-state index in [-0.39, 0.29) is 5.91 Å². The third-order valence-electron chi connectivity index (χ3n) is 2.76. The Morgan fingerprint density at radius 1 is 1.45 bits per heavy atom. The molecule has 1 aromatic heterocycles. The highest BCUT2D eigenvalue weighted by molar-refractivity contribution is 6.35. The van der Waals surface area contributed by atoms with Gasteiger partial charge in [0.15, 0.2) is 0 Å². The molecule has 0 unspecified atom stereocenters. The predicted octanol–water partition coefficient (Wildman–Crippen LogP) is 3.35. The first kappa shape index (κ1) is 14.6. The van der Waals surface area contributed by atoms with Crippen LogP contribution in [0.1, 0.15) is 16.8 Å². The van der Waals surface area contributed by atoms with Gasteiger partial charge in [-0.25, -0.2) is 0 Å². The van der Waals surface area contributed by atoms with E-state index < -0.39 is 0 Å². The number of carbonyl (C=O) groups is 1. The average Bonchev–Trinajstić information content (AvgIpc) is 2.81. The molecular weight excluding hydrogens is 297 g/mol. The number of nitrogens with zero attached hydrogens (tertiary/aromatic N) is 1. The highest BCUT2D eigenvalue weighted by Crippen LogP contribution is 2.21. The van der Waals surface area contributed by atoms with E-state index in [9.17, 15) is 4.79 Å². The van der Waals surface area contributed by atoms with Crippen LogP contribution in [0, 0.1) is 6.92 Å². The Morgan fingerprint density at radius 3 is 2.90 bits per heavy atom. The Balaban J connectivity index is 1.94. The van der Waals surface area contributed by atoms with Gasteiger partial charge in [0.25, 0.3) is 0 Å². The van der Waals surface area contributed by atoms with Gasteiger partial charge in [0.1, 0.15) is 0 Å². The van der Waals surface area contributed by atoms with Crippen LogP contribution < -0.4 is 5.32 Å². The van der Waals surface area contributed by atoms with E-state index in [1.807, 2.05) is 6.92 Å². The van der Waals surface area contributed by atoms with Crippen LogP contribution >= 0.6 is 23.2 Å². The molecule has 2 aromatic rings. The van der Waals surface area contributed by atoms with Gasteiger partial charge in [-0.1, -0.05) is 29.3 Å². The first-order valence-corrected chi connectivity index (χ1v) is 6.71. The number of benzene rings is 1. The molecule has 2 N–H and O–H groups in total. The largest absolute Gasteiger partial charge is 0.348 e. The zero-order chi connectivity index (χ0) is 14.5. The number of rotatable bonds is 4. The molecule has 0 saturated carbocycles. The first-order valence-electron chi connectivity index (χ1n) is 5.96. The summed E-state index contributed by atoms with van der Waals surface area (Å²) in [6.07, 6.45) is 4.77. The summed E-state index contributed by atoms with van der Waals surface area (Å²) in [6, 6.07) is 5.12. The Morgan fingerprint density at radius 2 is 2.25 bits per heavy atom. The van der Waals surface area contributed by atoms with Crippen LogP contribution in [0.2, 0.25) is 10.0 Å². The standard InChI is InChI=1S/C14H13Cl2N3O/c1-9-11(8-18-19-9)7-17-14(20)5-3-10-2-4-12(15)6-13(10)16/h2-6,8H,7H2,1H3,(H,17,20)(H,18,19)/b5-3+. The minimum absolute atomic E-state index is 0.198. The summed E-state index contributed by atoms with van der Waals surface area (Å²) in [6.45, 7) is 2.33. The fourth-order valence-electron chi connectivity index (χ4n) is 1.60. The number of carbonyl (C=O) groups excluding carboxylic acids is 1. The van der Waals surface area contributed by atoms with Gasteiger partial charge >= 0.3 is 0 Å². The molecule has 0 aliphatic heterocycles. The third-order valence-corrected chi connectivity index (χ3v) is 3.33. The molecule has 0 spiro atoms. The van der Waals surface area contributed by atoms with Crippen molar-refractivity contribution in [3.63, 3.8) is 0 Å². The molecule has 1 amide bonds. The average molecular weight is 310 g/mol. The molecule has 1 heterocycles. The molecule has 6 heteroatoms. The molecule has 0 saturated heterocycles. The number of nitrogens with one attached hydrogen (secondary N) is 2. The van der Waals surface area contributed by atoms with Crippen molar-refractivity contribution in [2.45, 2.75) is 13.5 Å². The van der Waals surface area contributed by atoms with E-state index in [0.717, 1.165) is 16.8 Å². The van der Waals surface area contributed by atoms with Gasteiger partial charge in [0, 0.05) is 33.9 Å². The van der Waals surface area contributed by atoms with Gasteiger partial charge in [-0.15, -0.1) is 0 Å². The molecule has 1 aromatic carbocycles. The number of H-pyrrole nitrogens is 1. The molecular formula is C14H13Cl2N3O. The third kappa shape index (κ3) is 3.85. The fraction of sp³-hybridized carbons (Fsp3) is 0.143. The van der Waals surface area contributed by atoms with Crippen molar-refractivity contribution in [1.82, 2.24) is 15.5 Å². The van der Waals surface area contributed by atoms with Crippen LogP contribution in [0.4, 0.5) is 0 Å². The number of halogens is 2. The lowest BCUT2D eigenvalue weighted by Gasteiger charge is -2.01. The van der Waals surface area contributed by atoms with Crippen LogP contribution in [0.3, 0.4) is 0 Å². The number of amides is 1. The van der Waals surface area contributed by atoms with Crippen molar-refractivity contribution in [2.24, 2.45) is 0 Å². The molecule has 0 radical (unpaired) electrons. The lowest BCUT2D eigenvalue weighted by atomic mass is 10.2. The molecule has 0 atom stereocenters. The van der Waals surface area contributed by atoms with Crippen molar-refractivity contribution < 1.29 is 4.79 Å². The van der Waals surface area contributed by atoms with Crippen molar-refractivity contribution in [3.8, 4) is 0 Å². The maximum atomic E-state index is 11.7. The highest BCUT2D eigenvalue weighted by atomic mass is 35.5. The fourth-order valence-corrected chi connectivity index (χ4v) is 2.07. The second-order valence-electron chi connectivity index (χ2n) is 4.24. The summed E-state index contributed by atoms with van der Waals surface area (Å²) in [5.41, 5.74) is 2.64. The smallest absolute Gasteiger partial charge is 0.244 e. The summed E-state index contributed by atoms with van der Waals surface area (Å²) in [5.74, 6) is -0.198. The predicted molar refractivity (Wildman–Crippen MR) is 80.7 cm³/mol. The van der Waals surface area contributed by atoms with Crippen molar-refractivity contribution in [2.75, 3.05) is 0 Å². The van der Waals surface area contributed by atoms with Crippen molar-refractivity contribution in [3.05, 3.63) is 57.3 Å². The van der Waals surface area contributed by atoms with E-state index in [4.69, 9.17) is 23.2 Å². The summed E-state index contributed by atoms with van der Waals surface area (Å²) in [7, 11) is 0. The lowest BCUT2D eigenvalue weighted by Crippen LogP contribution is -2.20. The number of aryl methyl sites for hydroxylation is 1. The normalized spacial score (nSPS) is 10.9. The van der Waals surface area contributed by atoms with Gasteiger partial charge < -0.3 is 5.32 Å². The second kappa shape index (κ2) is 6.59. The molecule has 4 nitrogen and oxygen atoms in total. The van der Waals surface area contributed by atoms with Crippen LogP contribution in [-0.2, 0) is 11.3 Å². The van der Waals surface area contributed by atoms with E-state index in [1.54, 1.807) is 30.5 Å². The maximum Gasteiger partial charge on any atom is 0.244 e. The van der Waals surface area contributed by atoms with E-state index in [2.05, 4.69) is 15.5 Å². The molecule has 0 fully saturated rings. The minimum atomic E-state index is -0.198. The van der Waals surface area contributed by atoms with Crippen LogP contribution in [0.5, 0.6) is 0 Å². The summed E-state index contributed by atoms with van der Waals surface area (Å²) >= 11 is 11.8. The van der Waals surface area contributed by atoms with E-state index in [0.29, 0.717) is 16.6 Å². The van der Waals surface area contributed by atoms with Gasteiger partial charge in [0.2, 0.25) is 5.91 Å². The molecule has 104 valence electrons. The minimum Gasteiger partial charge on any atom is -0.348 e. The molecule has 0 aliphatic rings. The number of hydrogen-bond acceptors (Lipinski definition) is 2. The monoisotopic (exact) mass is 309 g/mol. The Bertz CT molecular complexity index is 650. The first-order chi connectivity index (χ1) is 9.56. The Kier molecular flexibility index (Phi) is 4.82. The van der Waals surface area contributed by atoms with Gasteiger partial charge in [0.05, 0.1) is 6.20 Å². The summed E-state index contributed by atoms with van der Waals surface area (Å²) in [4.78, 5) is 11.7. The SMILES string of the molecule is Cc1[nH]ncc1CNC(=O)/C=C/c1ccc(Cl)cc1Cl.